The van der Waals surface area contributed by atoms with Gasteiger partial charge in [0, 0.05) is 24.4 Å². The molecule has 0 unspecified atom stereocenters. The number of anilines is 1. The molecule has 0 bridgehead atoms. The van der Waals surface area contributed by atoms with Gasteiger partial charge in [-0.25, -0.2) is 13.2 Å². The lowest BCUT2D eigenvalue weighted by atomic mass is 10.2. The van der Waals surface area contributed by atoms with Crippen LogP contribution in [0.2, 0.25) is 0 Å². The molecule has 0 saturated carbocycles. The largest absolute Gasteiger partial charge is 0.491 e. The van der Waals surface area contributed by atoms with Crippen LogP contribution in [-0.4, -0.2) is 6.10 Å². The van der Waals surface area contributed by atoms with E-state index >= 15 is 0 Å². The number of hydrogen-bond donors (Lipinski definition) is 1. The molecule has 0 radical (unpaired) electrons. The molecule has 0 atom stereocenters. The minimum absolute atomic E-state index is 0.0964. The smallest absolute Gasteiger partial charge is 0.194 e. The molecule has 0 aliphatic rings. The van der Waals surface area contributed by atoms with Crippen LogP contribution in [0.1, 0.15) is 19.4 Å². The van der Waals surface area contributed by atoms with Crippen LogP contribution in [0.3, 0.4) is 0 Å². The van der Waals surface area contributed by atoms with E-state index in [1.54, 1.807) is 0 Å². The maximum Gasteiger partial charge on any atom is 0.194 e. The van der Waals surface area contributed by atoms with E-state index in [4.69, 9.17) is 4.74 Å². The van der Waals surface area contributed by atoms with Crippen LogP contribution >= 0.6 is 0 Å². The van der Waals surface area contributed by atoms with Crippen molar-refractivity contribution in [3.8, 4) is 5.75 Å². The van der Waals surface area contributed by atoms with Gasteiger partial charge in [0.15, 0.2) is 17.5 Å². The van der Waals surface area contributed by atoms with Crippen molar-refractivity contribution in [2.45, 2.75) is 26.5 Å². The first-order chi connectivity index (χ1) is 9.95. The van der Waals surface area contributed by atoms with Gasteiger partial charge in [-0.2, -0.15) is 0 Å². The first-order valence-corrected chi connectivity index (χ1v) is 6.59. The van der Waals surface area contributed by atoms with E-state index in [0.717, 1.165) is 23.4 Å². The molecule has 0 aliphatic heterocycles. The fourth-order valence-corrected chi connectivity index (χ4v) is 1.82. The van der Waals surface area contributed by atoms with Gasteiger partial charge in [-0.1, -0.05) is 12.1 Å². The second-order valence-electron chi connectivity index (χ2n) is 4.92. The van der Waals surface area contributed by atoms with Crippen molar-refractivity contribution in [1.82, 2.24) is 0 Å². The van der Waals surface area contributed by atoms with Crippen molar-refractivity contribution in [3.63, 3.8) is 0 Å². The lowest BCUT2D eigenvalue weighted by Crippen LogP contribution is -2.06. The normalized spacial score (nSPS) is 10.8. The van der Waals surface area contributed by atoms with Gasteiger partial charge in [0.1, 0.15) is 5.75 Å². The zero-order valence-electron chi connectivity index (χ0n) is 11.8. The van der Waals surface area contributed by atoms with Crippen molar-refractivity contribution < 1.29 is 17.9 Å². The van der Waals surface area contributed by atoms with E-state index < -0.39 is 17.5 Å². The number of benzene rings is 2. The zero-order chi connectivity index (χ0) is 15.4. The van der Waals surface area contributed by atoms with Crippen LogP contribution in [0, 0.1) is 17.5 Å². The molecule has 112 valence electrons. The summed E-state index contributed by atoms with van der Waals surface area (Å²) in [4.78, 5) is 0. The number of rotatable bonds is 5. The first-order valence-electron chi connectivity index (χ1n) is 6.59. The average molecular weight is 295 g/mol. The molecule has 0 spiro atoms. The molecule has 2 aromatic carbocycles. The van der Waals surface area contributed by atoms with E-state index in [2.05, 4.69) is 5.32 Å². The Hall–Kier alpha value is -2.17. The summed E-state index contributed by atoms with van der Waals surface area (Å²) < 4.78 is 44.5. The van der Waals surface area contributed by atoms with Gasteiger partial charge in [-0.05, 0) is 31.5 Å². The molecule has 0 aliphatic carbocycles. The molecule has 0 aromatic heterocycles. The number of halogens is 3. The van der Waals surface area contributed by atoms with Gasteiger partial charge in [-0.3, -0.25) is 0 Å². The molecular formula is C16H16F3NO. The van der Waals surface area contributed by atoms with Gasteiger partial charge in [0.05, 0.1) is 6.10 Å². The van der Waals surface area contributed by atoms with Gasteiger partial charge < -0.3 is 10.1 Å². The molecule has 0 saturated heterocycles. The second kappa shape index (κ2) is 6.52. The summed E-state index contributed by atoms with van der Waals surface area (Å²) >= 11 is 0. The highest BCUT2D eigenvalue weighted by Crippen LogP contribution is 2.19. The third-order valence-electron chi connectivity index (χ3n) is 2.78. The third-order valence-corrected chi connectivity index (χ3v) is 2.78. The monoisotopic (exact) mass is 295 g/mol. The highest BCUT2D eigenvalue weighted by Gasteiger charge is 2.10. The molecule has 2 aromatic rings. The van der Waals surface area contributed by atoms with Crippen LogP contribution in [0.5, 0.6) is 5.75 Å². The molecule has 1 N–H and O–H groups in total. The third kappa shape index (κ3) is 4.15. The summed E-state index contributed by atoms with van der Waals surface area (Å²) in [6, 6.07) is 9.19. The van der Waals surface area contributed by atoms with Crippen molar-refractivity contribution in [3.05, 3.63) is 59.4 Å². The highest BCUT2D eigenvalue weighted by atomic mass is 19.2. The maximum atomic E-state index is 13.1. The Kier molecular flexibility index (Phi) is 4.73. The Labute approximate surface area is 121 Å². The van der Waals surface area contributed by atoms with E-state index in [1.165, 1.54) is 0 Å². The number of hydrogen-bond acceptors (Lipinski definition) is 2. The van der Waals surface area contributed by atoms with Crippen LogP contribution in [0.25, 0.3) is 0 Å². The Morgan fingerprint density at radius 1 is 1.00 bits per heavy atom. The zero-order valence-corrected chi connectivity index (χ0v) is 11.8. The Morgan fingerprint density at radius 3 is 2.10 bits per heavy atom. The highest BCUT2D eigenvalue weighted by molar-refractivity contribution is 5.45. The fourth-order valence-electron chi connectivity index (χ4n) is 1.82. The summed E-state index contributed by atoms with van der Waals surface area (Å²) in [6.07, 6.45) is 0.0964. The van der Waals surface area contributed by atoms with Crippen molar-refractivity contribution in [2.24, 2.45) is 0 Å². The predicted molar refractivity (Wildman–Crippen MR) is 75.8 cm³/mol. The van der Waals surface area contributed by atoms with Crippen LogP contribution in [-0.2, 0) is 6.54 Å². The summed E-state index contributed by atoms with van der Waals surface area (Å²) in [5, 5.41) is 2.84. The van der Waals surface area contributed by atoms with Gasteiger partial charge in [0.2, 0.25) is 0 Å². The summed E-state index contributed by atoms with van der Waals surface area (Å²) in [6.45, 7) is 4.24. The number of nitrogens with one attached hydrogen (secondary N) is 1. The van der Waals surface area contributed by atoms with Crippen LogP contribution in [0.4, 0.5) is 18.9 Å². The Bertz CT molecular complexity index is 588. The van der Waals surface area contributed by atoms with Crippen molar-refractivity contribution >= 4 is 5.69 Å². The predicted octanol–water partition coefficient (Wildman–Crippen LogP) is 4.50. The summed E-state index contributed by atoms with van der Waals surface area (Å²) in [5.74, 6) is -3.13. The standard InChI is InChI=1S/C16H16F3NO/c1-10(2)21-13-5-3-11(4-6-13)9-20-12-7-14(17)16(19)15(18)8-12/h3-8,10,20H,9H2,1-2H3. The van der Waals surface area contributed by atoms with E-state index in [9.17, 15) is 13.2 Å². The summed E-state index contributed by atoms with van der Waals surface area (Å²) in [7, 11) is 0. The minimum atomic E-state index is -1.46. The van der Waals surface area contributed by atoms with Gasteiger partial charge in [0.25, 0.3) is 0 Å². The van der Waals surface area contributed by atoms with Crippen LogP contribution in [0.15, 0.2) is 36.4 Å². The van der Waals surface area contributed by atoms with Gasteiger partial charge in [-0.15, -0.1) is 0 Å². The number of ether oxygens (including phenoxy) is 1. The Morgan fingerprint density at radius 2 is 1.57 bits per heavy atom. The van der Waals surface area contributed by atoms with E-state index in [-0.39, 0.29) is 11.8 Å². The molecule has 2 rings (SSSR count). The molecule has 0 heterocycles. The lowest BCUT2D eigenvalue weighted by Gasteiger charge is -2.11. The Balaban J connectivity index is 2.00. The SMILES string of the molecule is CC(C)Oc1ccc(CNc2cc(F)c(F)c(F)c2)cc1. The molecule has 21 heavy (non-hydrogen) atoms. The molecule has 5 heteroatoms. The molecule has 0 amide bonds. The molecule has 0 fully saturated rings. The van der Waals surface area contributed by atoms with E-state index in [1.807, 2.05) is 38.1 Å². The van der Waals surface area contributed by atoms with Gasteiger partial charge >= 0.3 is 0 Å². The fraction of sp³-hybridized carbons (Fsp3) is 0.250. The second-order valence-corrected chi connectivity index (χ2v) is 4.92. The maximum absolute atomic E-state index is 13.1. The lowest BCUT2D eigenvalue weighted by molar-refractivity contribution is 0.242. The molecular weight excluding hydrogens is 279 g/mol. The van der Waals surface area contributed by atoms with Crippen molar-refractivity contribution in [1.29, 1.82) is 0 Å². The topological polar surface area (TPSA) is 21.3 Å². The summed E-state index contributed by atoms with van der Waals surface area (Å²) in [5.41, 5.74) is 1.10. The van der Waals surface area contributed by atoms with E-state index in [0.29, 0.717) is 6.54 Å². The van der Waals surface area contributed by atoms with Crippen LogP contribution < -0.4 is 10.1 Å². The van der Waals surface area contributed by atoms with Crippen molar-refractivity contribution in [2.75, 3.05) is 5.32 Å². The quantitative estimate of drug-likeness (QED) is 0.820. The minimum Gasteiger partial charge on any atom is -0.491 e. The molecule has 2 nitrogen and oxygen atoms in total. The first kappa shape index (κ1) is 15.2. The average Bonchev–Trinajstić information content (AvgIpc) is 2.43.